The molecule has 1 N–H and O–H groups in total. The van der Waals surface area contributed by atoms with Crippen LogP contribution in [-0.2, 0) is 6.54 Å². The zero-order valence-corrected chi connectivity index (χ0v) is 19.1. The summed E-state index contributed by atoms with van der Waals surface area (Å²) in [4.78, 5) is 55.6. The van der Waals surface area contributed by atoms with Gasteiger partial charge in [-0.1, -0.05) is 54.6 Å². The molecule has 1 aliphatic heterocycles. The van der Waals surface area contributed by atoms with E-state index in [0.717, 1.165) is 16.0 Å². The summed E-state index contributed by atoms with van der Waals surface area (Å²) in [7, 11) is 0. The number of carbonyl (C=O) groups excluding carboxylic acids is 2. The first-order valence-corrected chi connectivity index (χ1v) is 11.3. The number of aromatic nitrogens is 2. The van der Waals surface area contributed by atoms with Crippen molar-refractivity contribution in [2.75, 3.05) is 5.43 Å². The number of rotatable bonds is 5. The zero-order chi connectivity index (χ0) is 25.7. The molecule has 4 aromatic carbocycles. The number of non-ortho nitro benzene ring substituents is 1. The van der Waals surface area contributed by atoms with Crippen LogP contribution in [0.2, 0.25) is 0 Å². The van der Waals surface area contributed by atoms with E-state index in [1.807, 2.05) is 42.5 Å². The SMILES string of the molecule is O=C1c2cccc3cccc(c23)C(=O)N1Nc1nc2ccc([N+](=O)[O-])cc2c(=O)n1Cc1ccccc1. The highest BCUT2D eigenvalue weighted by atomic mass is 16.6. The van der Waals surface area contributed by atoms with Gasteiger partial charge in [0.05, 0.1) is 33.5 Å². The Kier molecular flexibility index (Phi) is 5.01. The number of benzene rings is 4. The van der Waals surface area contributed by atoms with Gasteiger partial charge >= 0.3 is 0 Å². The molecule has 0 unspecified atom stereocenters. The average molecular weight is 491 g/mol. The van der Waals surface area contributed by atoms with Crippen molar-refractivity contribution in [1.29, 1.82) is 0 Å². The number of imide groups is 1. The number of nitrogens with zero attached hydrogens (tertiary/aromatic N) is 4. The molecule has 0 saturated heterocycles. The van der Waals surface area contributed by atoms with Gasteiger partial charge in [0, 0.05) is 17.5 Å². The molecule has 6 rings (SSSR count). The maximum atomic E-state index is 13.6. The number of nitro groups is 1. The van der Waals surface area contributed by atoms with Gasteiger partial charge in [-0.2, -0.15) is 5.01 Å². The van der Waals surface area contributed by atoms with Gasteiger partial charge < -0.3 is 0 Å². The lowest BCUT2D eigenvalue weighted by Gasteiger charge is -2.28. The van der Waals surface area contributed by atoms with Gasteiger partial charge in [-0.15, -0.1) is 0 Å². The highest BCUT2D eigenvalue weighted by Crippen LogP contribution is 2.30. The summed E-state index contributed by atoms with van der Waals surface area (Å²) in [6.07, 6.45) is 0. The van der Waals surface area contributed by atoms with Crippen molar-refractivity contribution >= 4 is 45.1 Å². The Hall–Kier alpha value is -5.38. The van der Waals surface area contributed by atoms with Crippen molar-refractivity contribution in [3.63, 3.8) is 0 Å². The Morgan fingerprint density at radius 2 is 1.51 bits per heavy atom. The maximum absolute atomic E-state index is 13.6. The van der Waals surface area contributed by atoms with E-state index in [4.69, 9.17) is 0 Å². The van der Waals surface area contributed by atoms with Crippen LogP contribution in [-0.4, -0.2) is 31.3 Å². The number of nitro benzene ring substituents is 1. The molecule has 0 fully saturated rings. The van der Waals surface area contributed by atoms with Gasteiger partial charge in [0.1, 0.15) is 0 Å². The van der Waals surface area contributed by atoms with E-state index >= 15 is 0 Å². The molecule has 1 aliphatic rings. The van der Waals surface area contributed by atoms with Crippen molar-refractivity contribution in [2.45, 2.75) is 6.54 Å². The molecule has 10 nitrogen and oxygen atoms in total. The third kappa shape index (κ3) is 3.59. The molecule has 37 heavy (non-hydrogen) atoms. The molecule has 2 amide bonds. The van der Waals surface area contributed by atoms with Crippen molar-refractivity contribution in [2.24, 2.45) is 0 Å². The van der Waals surface area contributed by atoms with Gasteiger partial charge in [-0.05, 0) is 29.1 Å². The van der Waals surface area contributed by atoms with Gasteiger partial charge in [0.2, 0.25) is 5.95 Å². The molecule has 0 atom stereocenters. The van der Waals surface area contributed by atoms with E-state index in [-0.39, 0.29) is 29.1 Å². The molecule has 1 aromatic heterocycles. The number of carbonyl (C=O) groups is 2. The Morgan fingerprint density at radius 1 is 0.838 bits per heavy atom. The van der Waals surface area contributed by atoms with Crippen LogP contribution in [0.25, 0.3) is 21.7 Å². The Labute approximate surface area is 208 Å². The fourth-order valence-corrected chi connectivity index (χ4v) is 4.55. The average Bonchev–Trinajstić information content (AvgIpc) is 2.92. The lowest BCUT2D eigenvalue weighted by atomic mass is 9.95. The molecule has 0 aliphatic carbocycles. The van der Waals surface area contributed by atoms with Crippen molar-refractivity contribution in [3.8, 4) is 0 Å². The monoisotopic (exact) mass is 491 g/mol. The summed E-state index contributed by atoms with van der Waals surface area (Å²) in [5.74, 6) is -1.22. The second-order valence-electron chi connectivity index (χ2n) is 8.54. The number of hydrazine groups is 1. The largest absolute Gasteiger partial charge is 0.280 e. The molecule has 0 spiro atoms. The molecule has 2 heterocycles. The smallest absolute Gasteiger partial charge is 0.272 e. The van der Waals surface area contributed by atoms with E-state index in [2.05, 4.69) is 10.4 Å². The van der Waals surface area contributed by atoms with E-state index < -0.39 is 22.3 Å². The maximum Gasteiger partial charge on any atom is 0.280 e. The number of nitrogens with one attached hydrogen (secondary N) is 1. The molecule has 0 radical (unpaired) electrons. The van der Waals surface area contributed by atoms with Crippen LogP contribution >= 0.6 is 0 Å². The molecular formula is C27H17N5O5. The highest BCUT2D eigenvalue weighted by Gasteiger charge is 2.34. The normalized spacial score (nSPS) is 12.8. The van der Waals surface area contributed by atoms with Crippen LogP contribution in [0.4, 0.5) is 11.6 Å². The number of hydrogen-bond acceptors (Lipinski definition) is 7. The van der Waals surface area contributed by atoms with Gasteiger partial charge in [0.15, 0.2) is 0 Å². The molecule has 0 bridgehead atoms. The summed E-state index contributed by atoms with van der Waals surface area (Å²) >= 11 is 0. The van der Waals surface area contributed by atoms with E-state index in [1.165, 1.54) is 22.8 Å². The van der Waals surface area contributed by atoms with Gasteiger partial charge in [-0.25, -0.2) is 4.98 Å². The van der Waals surface area contributed by atoms with E-state index in [9.17, 15) is 24.5 Å². The molecular weight excluding hydrogens is 474 g/mol. The first kappa shape index (κ1) is 22.1. The predicted molar refractivity (Wildman–Crippen MR) is 136 cm³/mol. The topological polar surface area (TPSA) is 127 Å². The number of fused-ring (bicyclic) bond motifs is 1. The van der Waals surface area contributed by atoms with Crippen LogP contribution in [0.3, 0.4) is 0 Å². The predicted octanol–water partition coefficient (Wildman–Crippen LogP) is 4.13. The van der Waals surface area contributed by atoms with E-state index in [0.29, 0.717) is 16.5 Å². The Bertz CT molecular complexity index is 1780. The van der Waals surface area contributed by atoms with Crippen LogP contribution in [0.15, 0.2) is 89.7 Å². The van der Waals surface area contributed by atoms with Gasteiger partial charge in [0.25, 0.3) is 23.1 Å². The fourth-order valence-electron chi connectivity index (χ4n) is 4.55. The highest BCUT2D eigenvalue weighted by molar-refractivity contribution is 6.25. The minimum atomic E-state index is -0.588. The molecule has 180 valence electrons. The van der Waals surface area contributed by atoms with Crippen LogP contribution in [0.5, 0.6) is 0 Å². The van der Waals surface area contributed by atoms with E-state index in [1.54, 1.807) is 24.3 Å². The Balaban J connectivity index is 1.51. The van der Waals surface area contributed by atoms with Crippen molar-refractivity contribution < 1.29 is 14.5 Å². The second-order valence-corrected chi connectivity index (χ2v) is 8.54. The fraction of sp³-hybridized carbons (Fsp3) is 0.0370. The van der Waals surface area contributed by atoms with Crippen LogP contribution in [0, 0.1) is 10.1 Å². The number of anilines is 1. The van der Waals surface area contributed by atoms with Crippen LogP contribution < -0.4 is 11.0 Å². The summed E-state index contributed by atoms with van der Waals surface area (Å²) in [6, 6.07) is 23.2. The van der Waals surface area contributed by atoms with Gasteiger partial charge in [-0.3, -0.25) is 34.5 Å². The minimum absolute atomic E-state index is 0.0436. The Morgan fingerprint density at radius 3 is 2.16 bits per heavy atom. The zero-order valence-electron chi connectivity index (χ0n) is 19.1. The lowest BCUT2D eigenvalue weighted by Crippen LogP contribution is -2.45. The third-order valence-corrected chi connectivity index (χ3v) is 6.32. The standard InChI is InChI=1S/C27H17N5O5/c33-24-21-14-18(32(36)37)12-13-22(21)28-27(30(24)15-16-6-2-1-3-7-16)29-31-25(34)19-10-4-8-17-9-5-11-20(23(17)19)26(31)35/h1-14H,15H2,(H,28,29). The first-order valence-electron chi connectivity index (χ1n) is 11.3. The summed E-state index contributed by atoms with van der Waals surface area (Å²) in [6.45, 7) is 0.0516. The summed E-state index contributed by atoms with van der Waals surface area (Å²) < 4.78 is 1.25. The number of amides is 2. The molecule has 10 heteroatoms. The number of hydrogen-bond donors (Lipinski definition) is 1. The molecule has 0 saturated carbocycles. The quantitative estimate of drug-likeness (QED) is 0.222. The van der Waals surface area contributed by atoms with Crippen LogP contribution in [0.1, 0.15) is 26.3 Å². The van der Waals surface area contributed by atoms with Crippen molar-refractivity contribution in [1.82, 2.24) is 14.6 Å². The second kappa shape index (κ2) is 8.38. The minimum Gasteiger partial charge on any atom is -0.272 e. The lowest BCUT2D eigenvalue weighted by molar-refractivity contribution is -0.384. The first-order chi connectivity index (χ1) is 17.9. The summed E-state index contributed by atoms with van der Waals surface area (Å²) in [5, 5.41) is 13.5. The summed E-state index contributed by atoms with van der Waals surface area (Å²) in [5.41, 5.74) is 3.59. The van der Waals surface area contributed by atoms with Crippen molar-refractivity contribution in [3.05, 3.63) is 122 Å². The third-order valence-electron chi connectivity index (χ3n) is 6.32. The molecule has 5 aromatic rings.